The molecule has 9 heteroatoms. The van der Waals surface area contributed by atoms with Gasteiger partial charge in [0.1, 0.15) is 17.6 Å². The smallest absolute Gasteiger partial charge is 0.281 e. The lowest BCUT2D eigenvalue weighted by Gasteiger charge is -2.00. The van der Waals surface area contributed by atoms with Crippen molar-refractivity contribution < 1.29 is 9.34 Å². The van der Waals surface area contributed by atoms with Gasteiger partial charge in [0.2, 0.25) is 0 Å². The van der Waals surface area contributed by atoms with Crippen molar-refractivity contribution in [2.24, 2.45) is 0 Å². The van der Waals surface area contributed by atoms with E-state index in [0.717, 1.165) is 11.0 Å². The van der Waals surface area contributed by atoms with Crippen LogP contribution in [-0.2, 0) is 0 Å². The summed E-state index contributed by atoms with van der Waals surface area (Å²) in [6.45, 7) is 0. The van der Waals surface area contributed by atoms with Crippen molar-refractivity contribution in [1.29, 1.82) is 5.26 Å². The minimum atomic E-state index is -0.516. The number of H-pyrrole nitrogens is 1. The lowest BCUT2D eigenvalue weighted by Crippen LogP contribution is -1.91. The molecule has 7 nitrogen and oxygen atoms in total. The lowest BCUT2D eigenvalue weighted by molar-refractivity contribution is -0.384. The van der Waals surface area contributed by atoms with Crippen molar-refractivity contribution in [2.45, 2.75) is 5.16 Å². The van der Waals surface area contributed by atoms with Gasteiger partial charge in [-0.1, -0.05) is 23.7 Å². The van der Waals surface area contributed by atoms with E-state index in [2.05, 4.69) is 16.0 Å². The number of aromatic amines is 1. The van der Waals surface area contributed by atoms with Crippen molar-refractivity contribution in [3.05, 3.63) is 80.4 Å². The SMILES string of the molecule is N#C/C(=C\c1ccc(-c2ccc(Cl)cc2[N+](=O)[O-])o1)Sc1nc2ccccc2[nH]1. The zero-order valence-electron chi connectivity index (χ0n) is 14.6. The Morgan fingerprint density at radius 2 is 2.10 bits per heavy atom. The molecule has 0 spiro atoms. The first-order valence-electron chi connectivity index (χ1n) is 8.32. The largest absolute Gasteiger partial charge is 0.456 e. The number of hydrogen-bond donors (Lipinski definition) is 1. The van der Waals surface area contributed by atoms with E-state index in [1.165, 1.54) is 23.9 Å². The minimum Gasteiger partial charge on any atom is -0.456 e. The second-order valence-electron chi connectivity index (χ2n) is 5.90. The van der Waals surface area contributed by atoms with Crippen LogP contribution in [0.5, 0.6) is 0 Å². The monoisotopic (exact) mass is 422 g/mol. The summed E-state index contributed by atoms with van der Waals surface area (Å²) in [5, 5.41) is 21.6. The van der Waals surface area contributed by atoms with Crippen LogP contribution in [-0.4, -0.2) is 14.9 Å². The molecule has 0 amide bonds. The maximum absolute atomic E-state index is 11.3. The summed E-state index contributed by atoms with van der Waals surface area (Å²) >= 11 is 7.03. The van der Waals surface area contributed by atoms with Gasteiger partial charge in [0.15, 0.2) is 5.16 Å². The van der Waals surface area contributed by atoms with Crippen LogP contribution in [0.1, 0.15) is 5.76 Å². The predicted octanol–water partition coefficient (Wildman–Crippen LogP) is 6.04. The van der Waals surface area contributed by atoms with Crippen LogP contribution < -0.4 is 0 Å². The van der Waals surface area contributed by atoms with Crippen molar-refractivity contribution >= 4 is 46.2 Å². The van der Waals surface area contributed by atoms with Gasteiger partial charge in [0, 0.05) is 17.2 Å². The van der Waals surface area contributed by atoms with Crippen LogP contribution in [0.15, 0.2) is 69.1 Å². The molecule has 0 aliphatic rings. The molecule has 2 aromatic carbocycles. The number of nitriles is 1. The maximum Gasteiger partial charge on any atom is 0.281 e. The molecule has 29 heavy (non-hydrogen) atoms. The van der Waals surface area contributed by atoms with Gasteiger partial charge in [0.05, 0.1) is 26.4 Å². The number of furan rings is 1. The van der Waals surface area contributed by atoms with E-state index in [9.17, 15) is 15.4 Å². The summed E-state index contributed by atoms with van der Waals surface area (Å²) in [5.41, 5.74) is 1.84. The number of nitro groups is 1. The van der Waals surface area contributed by atoms with Crippen molar-refractivity contribution in [3.8, 4) is 17.4 Å². The molecule has 0 bridgehead atoms. The fourth-order valence-electron chi connectivity index (χ4n) is 2.74. The highest BCUT2D eigenvalue weighted by atomic mass is 35.5. The molecule has 1 N–H and O–H groups in total. The van der Waals surface area contributed by atoms with Crippen LogP contribution in [0.25, 0.3) is 28.4 Å². The highest BCUT2D eigenvalue weighted by molar-refractivity contribution is 8.03. The van der Waals surface area contributed by atoms with Gasteiger partial charge < -0.3 is 9.40 Å². The van der Waals surface area contributed by atoms with Gasteiger partial charge in [-0.3, -0.25) is 10.1 Å². The molecule has 142 valence electrons. The van der Waals surface area contributed by atoms with Crippen LogP contribution >= 0.6 is 23.4 Å². The van der Waals surface area contributed by atoms with Crippen molar-refractivity contribution in [2.75, 3.05) is 0 Å². The predicted molar refractivity (Wildman–Crippen MR) is 111 cm³/mol. The van der Waals surface area contributed by atoms with E-state index >= 15 is 0 Å². The quantitative estimate of drug-likeness (QED) is 0.182. The minimum absolute atomic E-state index is 0.153. The van der Waals surface area contributed by atoms with Crippen LogP contribution in [0.3, 0.4) is 0 Å². The fraction of sp³-hybridized carbons (Fsp3) is 0. The maximum atomic E-state index is 11.3. The van der Waals surface area contributed by atoms with E-state index < -0.39 is 4.92 Å². The molecule has 0 radical (unpaired) electrons. The molecule has 0 saturated carbocycles. The van der Waals surface area contributed by atoms with Gasteiger partial charge in [-0.15, -0.1) is 0 Å². The Morgan fingerprint density at radius 3 is 2.86 bits per heavy atom. The van der Waals surface area contributed by atoms with Crippen LogP contribution in [0.2, 0.25) is 5.02 Å². The Labute approximate surface area is 173 Å². The Morgan fingerprint density at radius 1 is 1.28 bits per heavy atom. The van der Waals surface area contributed by atoms with Gasteiger partial charge in [-0.05, 0) is 48.2 Å². The third kappa shape index (κ3) is 4.01. The Hall–Kier alpha value is -3.54. The number of hydrogen-bond acceptors (Lipinski definition) is 6. The molecule has 4 rings (SSSR count). The number of nitrogens with one attached hydrogen (secondary N) is 1. The van der Waals surface area contributed by atoms with Gasteiger partial charge in [0.25, 0.3) is 5.69 Å². The highest BCUT2D eigenvalue weighted by Gasteiger charge is 2.18. The topological polar surface area (TPSA) is 109 Å². The van der Waals surface area contributed by atoms with Gasteiger partial charge >= 0.3 is 0 Å². The number of nitro benzene ring substituents is 1. The molecular weight excluding hydrogens is 412 g/mol. The summed E-state index contributed by atoms with van der Waals surface area (Å²) in [5.74, 6) is 0.704. The molecule has 0 atom stereocenters. The number of rotatable bonds is 5. The third-order valence-electron chi connectivity index (χ3n) is 4.01. The Bertz CT molecular complexity index is 1270. The molecule has 2 aromatic heterocycles. The van der Waals surface area contributed by atoms with E-state index in [1.54, 1.807) is 24.3 Å². The number of fused-ring (bicyclic) bond motifs is 1. The number of halogens is 1. The summed E-state index contributed by atoms with van der Waals surface area (Å²) < 4.78 is 5.71. The Balaban J connectivity index is 1.62. The second-order valence-corrected chi connectivity index (χ2v) is 7.37. The zero-order valence-corrected chi connectivity index (χ0v) is 16.2. The first-order valence-corrected chi connectivity index (χ1v) is 9.51. The molecule has 0 unspecified atom stereocenters. The number of para-hydroxylation sites is 2. The van der Waals surface area contributed by atoms with E-state index in [-0.39, 0.29) is 10.7 Å². The first-order chi connectivity index (χ1) is 14.0. The van der Waals surface area contributed by atoms with Crippen molar-refractivity contribution in [3.63, 3.8) is 0 Å². The number of allylic oxidation sites excluding steroid dienone is 1. The summed E-state index contributed by atoms with van der Waals surface area (Å²) in [6.07, 6.45) is 1.56. The molecule has 0 saturated heterocycles. The zero-order chi connectivity index (χ0) is 20.4. The first kappa shape index (κ1) is 18.8. The number of benzene rings is 2. The van der Waals surface area contributed by atoms with Crippen molar-refractivity contribution in [1.82, 2.24) is 9.97 Å². The van der Waals surface area contributed by atoms with E-state index in [0.29, 0.717) is 27.1 Å². The summed E-state index contributed by atoms with van der Waals surface area (Å²) in [7, 11) is 0. The molecule has 4 aromatic rings. The number of aromatic nitrogens is 2. The molecule has 0 aliphatic heterocycles. The van der Waals surface area contributed by atoms with Gasteiger partial charge in [-0.2, -0.15) is 5.26 Å². The van der Waals surface area contributed by atoms with Crippen LogP contribution in [0.4, 0.5) is 5.69 Å². The molecule has 0 fully saturated rings. The van der Waals surface area contributed by atoms with E-state index in [4.69, 9.17) is 16.0 Å². The summed E-state index contributed by atoms with van der Waals surface area (Å²) in [4.78, 5) is 18.7. The normalized spacial score (nSPS) is 11.5. The standard InChI is InChI=1S/C20H11ClN4O3S/c21-12-5-7-15(18(9-12)25(26)27)19-8-6-13(28-19)10-14(11-22)29-20-23-16-3-1-2-4-17(16)24-20/h1-10H,(H,23,24)/b14-10+. The number of imidazole rings is 1. The Kier molecular flexibility index (Phi) is 5.08. The fourth-order valence-corrected chi connectivity index (χ4v) is 3.64. The second kappa shape index (κ2) is 7.83. The molecular formula is C20H11ClN4O3S. The number of thioether (sulfide) groups is 1. The molecule has 0 aliphatic carbocycles. The van der Waals surface area contributed by atoms with E-state index in [1.807, 2.05) is 24.3 Å². The molecule has 2 heterocycles. The van der Waals surface area contributed by atoms with Crippen LogP contribution in [0, 0.1) is 21.4 Å². The average Bonchev–Trinajstić information content (AvgIpc) is 3.33. The third-order valence-corrected chi connectivity index (χ3v) is 5.06. The number of nitrogens with zero attached hydrogens (tertiary/aromatic N) is 3. The average molecular weight is 423 g/mol. The van der Waals surface area contributed by atoms with Gasteiger partial charge in [-0.25, -0.2) is 4.98 Å². The lowest BCUT2D eigenvalue weighted by atomic mass is 10.1. The summed E-state index contributed by atoms with van der Waals surface area (Å²) in [6, 6.07) is 17.3. The highest BCUT2D eigenvalue weighted by Crippen LogP contribution is 2.34.